The number of hydrogen-bond acceptors (Lipinski definition) is 3. The Labute approximate surface area is 125 Å². The Bertz CT molecular complexity index is 750. The molecule has 100 valence electrons. The van der Waals surface area contributed by atoms with Crippen molar-refractivity contribution in [2.75, 3.05) is 0 Å². The van der Waals surface area contributed by atoms with Gasteiger partial charge in [-0.15, -0.1) is 0 Å². The van der Waals surface area contributed by atoms with Crippen molar-refractivity contribution in [1.29, 1.82) is 0 Å². The maximum absolute atomic E-state index is 11.9. The molecule has 0 atom stereocenters. The zero-order valence-corrected chi connectivity index (χ0v) is 13.1. The van der Waals surface area contributed by atoms with Crippen molar-refractivity contribution in [1.82, 2.24) is 9.55 Å². The molecule has 7 heteroatoms. The van der Waals surface area contributed by atoms with E-state index in [9.17, 15) is 14.7 Å². The van der Waals surface area contributed by atoms with E-state index in [0.717, 1.165) is 9.04 Å². The number of aromatic hydroxyl groups is 1. The maximum atomic E-state index is 11.9. The van der Waals surface area contributed by atoms with Crippen LogP contribution < -0.4 is 11.2 Å². The summed E-state index contributed by atoms with van der Waals surface area (Å²) in [6.07, 6.45) is 0.329. The molecule has 2 aromatic rings. The predicted molar refractivity (Wildman–Crippen MR) is 79.1 cm³/mol. The molecule has 0 unspecified atom stereocenters. The van der Waals surface area contributed by atoms with Crippen LogP contribution in [0.2, 0.25) is 0 Å². The summed E-state index contributed by atoms with van der Waals surface area (Å²) in [5.41, 5.74) is -0.608. The number of benzene rings is 1. The van der Waals surface area contributed by atoms with E-state index in [2.05, 4.69) is 36.8 Å². The van der Waals surface area contributed by atoms with Crippen LogP contribution in [0.1, 0.15) is 12.5 Å². The topological polar surface area (TPSA) is 75.1 Å². The molecule has 0 saturated carbocycles. The summed E-state index contributed by atoms with van der Waals surface area (Å²) < 4.78 is 2.51. The van der Waals surface area contributed by atoms with Crippen LogP contribution in [0.3, 0.4) is 0 Å². The summed E-state index contributed by atoms with van der Waals surface area (Å²) in [6.45, 7) is 1.73. The van der Waals surface area contributed by atoms with Gasteiger partial charge in [-0.3, -0.25) is 9.78 Å². The van der Waals surface area contributed by atoms with Crippen LogP contribution in [0.5, 0.6) is 5.88 Å². The third-order valence-electron chi connectivity index (χ3n) is 2.68. The molecule has 1 aromatic carbocycles. The van der Waals surface area contributed by atoms with Gasteiger partial charge in [-0.25, -0.2) is 9.36 Å². The van der Waals surface area contributed by atoms with E-state index in [1.54, 1.807) is 25.1 Å². The Hall–Kier alpha value is -1.34. The first-order chi connectivity index (χ1) is 8.95. The first kappa shape index (κ1) is 14.1. The summed E-state index contributed by atoms with van der Waals surface area (Å²) in [7, 11) is 0. The second kappa shape index (κ2) is 5.34. The highest BCUT2D eigenvalue weighted by Gasteiger charge is 2.15. The van der Waals surface area contributed by atoms with Gasteiger partial charge < -0.3 is 5.11 Å². The number of rotatable bonds is 2. The lowest BCUT2D eigenvalue weighted by Gasteiger charge is -2.12. The van der Waals surface area contributed by atoms with E-state index < -0.39 is 11.2 Å². The summed E-state index contributed by atoms with van der Waals surface area (Å²) in [4.78, 5) is 25.6. The Morgan fingerprint density at radius 1 is 1.32 bits per heavy atom. The van der Waals surface area contributed by atoms with Crippen molar-refractivity contribution in [2.45, 2.75) is 13.3 Å². The van der Waals surface area contributed by atoms with Crippen LogP contribution in [0.4, 0.5) is 0 Å². The van der Waals surface area contributed by atoms with Gasteiger partial charge in [-0.05, 0) is 40.5 Å². The SMILES string of the molecule is CCc1c(O)n(-c2ccc(Br)cc2Br)c(=O)[nH]c1=O. The van der Waals surface area contributed by atoms with Crippen LogP contribution >= 0.6 is 31.9 Å². The summed E-state index contributed by atoms with van der Waals surface area (Å²) in [5.74, 6) is -0.334. The van der Waals surface area contributed by atoms with Gasteiger partial charge in [0.2, 0.25) is 5.88 Å². The zero-order valence-electron chi connectivity index (χ0n) is 9.91. The Kier molecular flexibility index (Phi) is 3.96. The fourth-order valence-corrected chi connectivity index (χ4v) is 2.99. The molecule has 0 aliphatic carbocycles. The van der Waals surface area contributed by atoms with Crippen molar-refractivity contribution in [2.24, 2.45) is 0 Å². The van der Waals surface area contributed by atoms with Gasteiger partial charge in [0.25, 0.3) is 5.56 Å². The lowest BCUT2D eigenvalue weighted by molar-refractivity contribution is 0.423. The first-order valence-corrected chi connectivity index (χ1v) is 7.07. The van der Waals surface area contributed by atoms with E-state index in [0.29, 0.717) is 16.6 Å². The first-order valence-electron chi connectivity index (χ1n) is 5.48. The highest BCUT2D eigenvalue weighted by atomic mass is 79.9. The van der Waals surface area contributed by atoms with Crippen LogP contribution in [-0.4, -0.2) is 14.7 Å². The molecule has 0 aliphatic rings. The lowest BCUT2D eigenvalue weighted by Crippen LogP contribution is -2.31. The van der Waals surface area contributed by atoms with E-state index in [1.807, 2.05) is 0 Å². The third kappa shape index (κ3) is 2.52. The van der Waals surface area contributed by atoms with Gasteiger partial charge in [0, 0.05) is 8.95 Å². The molecule has 2 N–H and O–H groups in total. The van der Waals surface area contributed by atoms with E-state index in [4.69, 9.17) is 0 Å². The average Bonchev–Trinajstić information content (AvgIpc) is 2.31. The number of nitrogens with zero attached hydrogens (tertiary/aromatic N) is 1. The molecule has 0 fully saturated rings. The number of halogens is 2. The van der Waals surface area contributed by atoms with Crippen molar-refractivity contribution in [3.05, 3.63) is 53.5 Å². The predicted octanol–water partition coefficient (Wildman–Crippen LogP) is 2.32. The molecule has 0 spiro atoms. The van der Waals surface area contributed by atoms with Crippen molar-refractivity contribution in [3.8, 4) is 11.6 Å². The lowest BCUT2D eigenvalue weighted by atomic mass is 10.2. The Morgan fingerprint density at radius 2 is 2.00 bits per heavy atom. The summed E-state index contributed by atoms with van der Waals surface area (Å²) >= 11 is 6.63. The fraction of sp³-hybridized carbons (Fsp3) is 0.167. The number of H-pyrrole nitrogens is 1. The summed E-state index contributed by atoms with van der Waals surface area (Å²) in [6, 6.07) is 5.15. The quantitative estimate of drug-likeness (QED) is 0.827. The van der Waals surface area contributed by atoms with Gasteiger partial charge in [0.05, 0.1) is 11.3 Å². The number of aromatic amines is 1. The standard InChI is InChI=1S/C12H10Br2N2O3/c1-2-7-10(17)15-12(19)16(11(7)18)9-4-3-6(13)5-8(9)14/h3-5,18H,2H2,1H3,(H,15,17,19). The number of hydrogen-bond donors (Lipinski definition) is 2. The molecule has 2 rings (SSSR count). The molecule has 1 heterocycles. The van der Waals surface area contributed by atoms with Crippen LogP contribution in [0.15, 0.2) is 36.7 Å². The van der Waals surface area contributed by atoms with E-state index >= 15 is 0 Å². The minimum absolute atomic E-state index is 0.175. The van der Waals surface area contributed by atoms with Gasteiger partial charge in [-0.1, -0.05) is 22.9 Å². The Morgan fingerprint density at radius 3 is 2.58 bits per heavy atom. The number of nitrogens with one attached hydrogen (secondary N) is 1. The molecule has 0 aliphatic heterocycles. The van der Waals surface area contributed by atoms with Crippen molar-refractivity contribution >= 4 is 31.9 Å². The van der Waals surface area contributed by atoms with Gasteiger partial charge >= 0.3 is 5.69 Å². The number of aromatic nitrogens is 2. The minimum atomic E-state index is -0.678. The van der Waals surface area contributed by atoms with E-state index in [1.165, 1.54) is 0 Å². The van der Waals surface area contributed by atoms with E-state index in [-0.39, 0.29) is 11.4 Å². The zero-order chi connectivity index (χ0) is 14.2. The highest BCUT2D eigenvalue weighted by molar-refractivity contribution is 9.11. The molecule has 0 saturated heterocycles. The monoisotopic (exact) mass is 388 g/mol. The average molecular weight is 390 g/mol. The molecular weight excluding hydrogens is 380 g/mol. The second-order valence-corrected chi connectivity index (χ2v) is 5.62. The van der Waals surface area contributed by atoms with Crippen LogP contribution in [0.25, 0.3) is 5.69 Å². The molecule has 1 aromatic heterocycles. The van der Waals surface area contributed by atoms with Crippen LogP contribution in [0, 0.1) is 0 Å². The van der Waals surface area contributed by atoms with Crippen LogP contribution in [-0.2, 0) is 6.42 Å². The molecular formula is C12H10Br2N2O3. The molecule has 19 heavy (non-hydrogen) atoms. The molecule has 0 radical (unpaired) electrons. The van der Waals surface area contributed by atoms with Gasteiger partial charge in [0.15, 0.2) is 0 Å². The Balaban J connectivity index is 2.83. The van der Waals surface area contributed by atoms with Gasteiger partial charge in [0.1, 0.15) is 0 Å². The van der Waals surface area contributed by atoms with Crippen molar-refractivity contribution < 1.29 is 5.11 Å². The van der Waals surface area contributed by atoms with Crippen molar-refractivity contribution in [3.63, 3.8) is 0 Å². The smallest absolute Gasteiger partial charge is 0.335 e. The normalized spacial score (nSPS) is 10.7. The van der Waals surface area contributed by atoms with Gasteiger partial charge in [-0.2, -0.15) is 0 Å². The molecule has 0 amide bonds. The minimum Gasteiger partial charge on any atom is -0.494 e. The molecule has 5 nitrogen and oxygen atoms in total. The maximum Gasteiger partial charge on any atom is 0.335 e. The molecule has 0 bridgehead atoms. The largest absolute Gasteiger partial charge is 0.494 e. The second-order valence-electron chi connectivity index (χ2n) is 3.85. The third-order valence-corrected chi connectivity index (χ3v) is 3.81. The fourth-order valence-electron chi connectivity index (χ4n) is 1.77. The summed E-state index contributed by atoms with van der Waals surface area (Å²) in [5, 5.41) is 10.1. The highest BCUT2D eigenvalue weighted by Crippen LogP contribution is 2.27.